The maximum absolute atomic E-state index is 4.05. The molecule has 1 N–H and O–H groups in total. The number of aromatic nitrogens is 2. The van der Waals surface area contributed by atoms with Crippen LogP contribution in [0.15, 0.2) is 41.3 Å². The second kappa shape index (κ2) is 3.11. The van der Waals surface area contributed by atoms with Gasteiger partial charge in [-0.3, -0.25) is 0 Å². The molecule has 0 fully saturated rings. The fourth-order valence-corrected chi connectivity index (χ4v) is 1.53. The molecule has 1 aromatic carbocycles. The van der Waals surface area contributed by atoms with Crippen molar-refractivity contribution in [1.82, 2.24) is 9.97 Å². The van der Waals surface area contributed by atoms with Crippen LogP contribution in [-0.4, -0.2) is 9.97 Å². The highest BCUT2D eigenvalue weighted by Crippen LogP contribution is 2.23. The van der Waals surface area contributed by atoms with E-state index in [-0.39, 0.29) is 0 Å². The minimum absolute atomic E-state index is 0.855. The van der Waals surface area contributed by atoms with E-state index in [1.54, 1.807) is 6.33 Å². The van der Waals surface area contributed by atoms with E-state index in [9.17, 15) is 0 Å². The van der Waals surface area contributed by atoms with Crippen LogP contribution < -0.4 is 0 Å². The number of rotatable bonds is 1. The van der Waals surface area contributed by atoms with Crippen LogP contribution in [0.5, 0.6) is 0 Å². The molecule has 3 heteroatoms. The van der Waals surface area contributed by atoms with Gasteiger partial charge in [0.1, 0.15) is 4.60 Å². The van der Waals surface area contributed by atoms with Gasteiger partial charge in [0.2, 0.25) is 0 Å². The Morgan fingerprint density at radius 1 is 1.17 bits per heavy atom. The Morgan fingerprint density at radius 2 is 1.92 bits per heavy atom. The Bertz CT molecular complexity index is 367. The number of halogens is 1. The third-order valence-corrected chi connectivity index (χ3v) is 2.26. The van der Waals surface area contributed by atoms with Gasteiger partial charge in [0.25, 0.3) is 0 Å². The average Bonchev–Trinajstić information content (AvgIpc) is 2.53. The molecule has 0 spiro atoms. The molecule has 0 saturated heterocycles. The summed E-state index contributed by atoms with van der Waals surface area (Å²) >= 11 is 3.36. The summed E-state index contributed by atoms with van der Waals surface area (Å²) in [6.07, 6.45) is 1.67. The zero-order chi connectivity index (χ0) is 8.39. The number of aromatic amines is 1. The van der Waals surface area contributed by atoms with E-state index in [1.165, 1.54) is 0 Å². The first-order valence-electron chi connectivity index (χ1n) is 3.62. The predicted octanol–water partition coefficient (Wildman–Crippen LogP) is 2.84. The smallest absolute Gasteiger partial charge is 0.131 e. The summed E-state index contributed by atoms with van der Waals surface area (Å²) in [6.45, 7) is 0. The molecule has 0 bridgehead atoms. The van der Waals surface area contributed by atoms with Gasteiger partial charge in [0.05, 0.1) is 12.0 Å². The van der Waals surface area contributed by atoms with Gasteiger partial charge in [-0.15, -0.1) is 0 Å². The Morgan fingerprint density at radius 3 is 2.50 bits per heavy atom. The van der Waals surface area contributed by atoms with Gasteiger partial charge in [-0.05, 0) is 15.9 Å². The van der Waals surface area contributed by atoms with Gasteiger partial charge < -0.3 is 4.98 Å². The Kier molecular flexibility index (Phi) is 1.96. The summed E-state index contributed by atoms with van der Waals surface area (Å²) < 4.78 is 0.855. The van der Waals surface area contributed by atoms with Crippen molar-refractivity contribution in [3.05, 3.63) is 41.3 Å². The van der Waals surface area contributed by atoms with Gasteiger partial charge in [-0.25, -0.2) is 4.98 Å². The van der Waals surface area contributed by atoms with E-state index in [1.807, 2.05) is 30.3 Å². The Labute approximate surface area is 78.8 Å². The van der Waals surface area contributed by atoms with Crippen molar-refractivity contribution in [2.45, 2.75) is 0 Å². The molecule has 0 aliphatic rings. The molecule has 60 valence electrons. The van der Waals surface area contributed by atoms with Crippen molar-refractivity contribution >= 4 is 15.9 Å². The predicted molar refractivity (Wildman–Crippen MR) is 51.7 cm³/mol. The molecule has 0 radical (unpaired) electrons. The first-order valence-corrected chi connectivity index (χ1v) is 4.41. The SMILES string of the molecule is Brc1nc[nH]c1-c1ccccc1. The van der Waals surface area contributed by atoms with Crippen molar-refractivity contribution < 1.29 is 0 Å². The molecule has 12 heavy (non-hydrogen) atoms. The summed E-state index contributed by atoms with van der Waals surface area (Å²) in [5.41, 5.74) is 2.16. The van der Waals surface area contributed by atoms with E-state index in [0.29, 0.717) is 0 Å². The van der Waals surface area contributed by atoms with E-state index >= 15 is 0 Å². The first kappa shape index (κ1) is 7.55. The molecule has 0 aliphatic heterocycles. The van der Waals surface area contributed by atoms with Crippen molar-refractivity contribution in [2.75, 3.05) is 0 Å². The summed E-state index contributed by atoms with van der Waals surface area (Å²) in [5.74, 6) is 0. The van der Waals surface area contributed by atoms with Crippen LogP contribution in [0.3, 0.4) is 0 Å². The molecule has 0 aliphatic carbocycles. The molecule has 1 aromatic heterocycles. The maximum atomic E-state index is 4.05. The summed E-state index contributed by atoms with van der Waals surface area (Å²) in [6, 6.07) is 10.1. The van der Waals surface area contributed by atoms with Crippen LogP contribution in [0.1, 0.15) is 0 Å². The quantitative estimate of drug-likeness (QED) is 0.791. The van der Waals surface area contributed by atoms with Crippen molar-refractivity contribution in [2.24, 2.45) is 0 Å². The highest BCUT2D eigenvalue weighted by atomic mass is 79.9. The number of nitrogens with zero attached hydrogens (tertiary/aromatic N) is 1. The lowest BCUT2D eigenvalue weighted by Crippen LogP contribution is -1.76. The summed E-state index contributed by atoms with van der Waals surface area (Å²) in [7, 11) is 0. The van der Waals surface area contributed by atoms with Gasteiger partial charge in [-0.2, -0.15) is 0 Å². The third-order valence-electron chi connectivity index (χ3n) is 1.66. The molecule has 2 aromatic rings. The lowest BCUT2D eigenvalue weighted by atomic mass is 10.2. The van der Waals surface area contributed by atoms with Crippen LogP contribution in [0.4, 0.5) is 0 Å². The molecule has 0 atom stereocenters. The lowest BCUT2D eigenvalue weighted by Gasteiger charge is -1.95. The topological polar surface area (TPSA) is 28.7 Å². The minimum atomic E-state index is 0.855. The number of imidazole rings is 1. The van der Waals surface area contributed by atoms with E-state index in [0.717, 1.165) is 15.9 Å². The molecule has 2 nitrogen and oxygen atoms in total. The molecule has 0 unspecified atom stereocenters. The number of benzene rings is 1. The van der Waals surface area contributed by atoms with Crippen molar-refractivity contribution in [3.8, 4) is 11.3 Å². The van der Waals surface area contributed by atoms with Crippen LogP contribution in [0.25, 0.3) is 11.3 Å². The van der Waals surface area contributed by atoms with Crippen LogP contribution >= 0.6 is 15.9 Å². The summed E-state index contributed by atoms with van der Waals surface area (Å²) in [4.78, 5) is 7.12. The monoisotopic (exact) mass is 222 g/mol. The fraction of sp³-hybridized carbons (Fsp3) is 0. The van der Waals surface area contributed by atoms with Gasteiger partial charge in [0.15, 0.2) is 0 Å². The zero-order valence-electron chi connectivity index (χ0n) is 6.29. The Hall–Kier alpha value is -1.09. The number of nitrogens with one attached hydrogen (secondary N) is 1. The van der Waals surface area contributed by atoms with Crippen molar-refractivity contribution in [1.29, 1.82) is 0 Å². The normalized spacial score (nSPS) is 10.1. The molecule has 2 rings (SSSR count). The Balaban J connectivity index is 2.51. The maximum Gasteiger partial charge on any atom is 0.131 e. The molecule has 0 amide bonds. The standard InChI is InChI=1S/C9H7BrN2/c10-9-8(11-6-12-9)7-4-2-1-3-5-7/h1-6H,(H,11,12). The molecule has 0 saturated carbocycles. The van der Waals surface area contributed by atoms with Gasteiger partial charge >= 0.3 is 0 Å². The van der Waals surface area contributed by atoms with Crippen molar-refractivity contribution in [3.63, 3.8) is 0 Å². The van der Waals surface area contributed by atoms with Crippen LogP contribution in [0, 0.1) is 0 Å². The highest BCUT2D eigenvalue weighted by Gasteiger charge is 2.02. The largest absolute Gasteiger partial charge is 0.344 e. The van der Waals surface area contributed by atoms with E-state index < -0.39 is 0 Å². The third kappa shape index (κ3) is 1.28. The highest BCUT2D eigenvalue weighted by molar-refractivity contribution is 9.10. The minimum Gasteiger partial charge on any atom is -0.344 e. The zero-order valence-corrected chi connectivity index (χ0v) is 7.88. The number of hydrogen-bond acceptors (Lipinski definition) is 1. The molecular formula is C9H7BrN2. The fourth-order valence-electron chi connectivity index (χ4n) is 1.08. The second-order valence-electron chi connectivity index (χ2n) is 2.43. The van der Waals surface area contributed by atoms with Crippen LogP contribution in [0.2, 0.25) is 0 Å². The van der Waals surface area contributed by atoms with Gasteiger partial charge in [0, 0.05) is 5.56 Å². The molecular weight excluding hydrogens is 216 g/mol. The van der Waals surface area contributed by atoms with Gasteiger partial charge in [-0.1, -0.05) is 30.3 Å². The van der Waals surface area contributed by atoms with E-state index in [2.05, 4.69) is 25.9 Å². The van der Waals surface area contributed by atoms with E-state index in [4.69, 9.17) is 0 Å². The summed E-state index contributed by atoms with van der Waals surface area (Å²) in [5, 5.41) is 0. The average molecular weight is 223 g/mol. The molecule has 1 heterocycles. The first-order chi connectivity index (χ1) is 5.88. The van der Waals surface area contributed by atoms with Crippen LogP contribution in [-0.2, 0) is 0 Å². The lowest BCUT2D eigenvalue weighted by molar-refractivity contribution is 1.30. The second-order valence-corrected chi connectivity index (χ2v) is 3.19. The number of hydrogen-bond donors (Lipinski definition) is 1. The number of H-pyrrole nitrogens is 1.